The van der Waals surface area contributed by atoms with Crippen molar-refractivity contribution in [2.45, 2.75) is 4.95 Å². The van der Waals surface area contributed by atoms with Crippen LogP contribution in [0.1, 0.15) is 0 Å². The monoisotopic (exact) mass is 173 g/mol. The Balaban J connectivity index is 2.66. The number of hydrogen-bond donors (Lipinski definition) is 2. The van der Waals surface area contributed by atoms with Crippen molar-refractivity contribution in [2.24, 2.45) is 5.73 Å². The second-order valence-corrected chi connectivity index (χ2v) is 2.40. The topological polar surface area (TPSA) is 38.0 Å². The van der Waals surface area contributed by atoms with E-state index >= 15 is 0 Å². The van der Waals surface area contributed by atoms with Crippen LogP contribution in [0.3, 0.4) is 0 Å². The highest BCUT2D eigenvalue weighted by atomic mass is 79.9. The molecule has 0 aromatic heterocycles. The summed E-state index contributed by atoms with van der Waals surface area (Å²) in [6.07, 6.45) is 6.33. The van der Waals surface area contributed by atoms with Gasteiger partial charge in [0.05, 0.1) is 6.20 Å². The number of nitrogens with one attached hydrogen (secondary N) is 1. The predicted molar refractivity (Wildman–Crippen MR) is 35.9 cm³/mol. The molecule has 1 radical (unpaired) electrons. The summed E-state index contributed by atoms with van der Waals surface area (Å²) >= 11 is 3.27. The summed E-state index contributed by atoms with van der Waals surface area (Å²) in [6.45, 7) is 0. The van der Waals surface area contributed by atoms with Crippen LogP contribution < -0.4 is 11.1 Å². The average molecular weight is 174 g/mol. The van der Waals surface area contributed by atoms with Gasteiger partial charge in [-0.25, -0.2) is 0 Å². The van der Waals surface area contributed by atoms with Gasteiger partial charge in [0.1, 0.15) is 4.95 Å². The van der Waals surface area contributed by atoms with Gasteiger partial charge < -0.3 is 11.1 Å². The van der Waals surface area contributed by atoms with Crippen LogP contribution in [0, 0.1) is 6.20 Å². The molecule has 2 nitrogen and oxygen atoms in total. The quantitative estimate of drug-likeness (QED) is 0.413. The van der Waals surface area contributed by atoms with E-state index in [2.05, 4.69) is 27.4 Å². The van der Waals surface area contributed by atoms with Crippen molar-refractivity contribution >= 4 is 15.9 Å². The van der Waals surface area contributed by atoms with E-state index in [1.807, 2.05) is 0 Å². The molecule has 1 heterocycles. The van der Waals surface area contributed by atoms with E-state index in [0.717, 1.165) is 5.70 Å². The predicted octanol–water partition coefficient (Wildman–Crippen LogP) is 0.470. The maximum atomic E-state index is 5.46. The highest BCUT2D eigenvalue weighted by Gasteiger charge is 2.04. The van der Waals surface area contributed by atoms with Crippen LogP contribution in [0.2, 0.25) is 0 Å². The third kappa shape index (κ3) is 1.04. The number of allylic oxidation sites excluding steroid dienone is 2. The highest BCUT2D eigenvalue weighted by Crippen LogP contribution is 2.05. The molecular weight excluding hydrogens is 168 g/mol. The number of rotatable bonds is 0. The second kappa shape index (κ2) is 2.22. The minimum absolute atomic E-state index is 0.0625. The van der Waals surface area contributed by atoms with Gasteiger partial charge in [0.2, 0.25) is 0 Å². The van der Waals surface area contributed by atoms with E-state index in [0.29, 0.717) is 0 Å². The molecule has 0 saturated heterocycles. The lowest BCUT2D eigenvalue weighted by molar-refractivity contribution is 0.842. The summed E-state index contributed by atoms with van der Waals surface area (Å²) in [4.78, 5) is 0.0625. The molecule has 1 aliphatic rings. The molecule has 8 heavy (non-hydrogen) atoms. The maximum absolute atomic E-state index is 5.46. The lowest BCUT2D eigenvalue weighted by atomic mass is 10.3. The van der Waals surface area contributed by atoms with Crippen molar-refractivity contribution in [2.75, 3.05) is 0 Å². The summed E-state index contributed by atoms with van der Waals surface area (Å²) in [5.41, 5.74) is 6.24. The normalized spacial score (nSPS) is 26.6. The molecule has 1 unspecified atom stereocenters. The summed E-state index contributed by atoms with van der Waals surface area (Å²) in [6, 6.07) is 0. The van der Waals surface area contributed by atoms with Gasteiger partial charge in [0.25, 0.3) is 0 Å². The van der Waals surface area contributed by atoms with Crippen LogP contribution in [0.5, 0.6) is 0 Å². The van der Waals surface area contributed by atoms with Crippen LogP contribution in [-0.2, 0) is 0 Å². The molecule has 1 rings (SSSR count). The number of alkyl halides is 1. The lowest BCUT2D eigenvalue weighted by Gasteiger charge is -2.11. The first-order valence-corrected chi connectivity index (χ1v) is 3.16. The number of halogens is 1. The SMILES string of the molecule is NC1=CC=[C]NC1Br. The van der Waals surface area contributed by atoms with Gasteiger partial charge >= 0.3 is 0 Å². The van der Waals surface area contributed by atoms with Gasteiger partial charge in [-0.15, -0.1) is 0 Å². The van der Waals surface area contributed by atoms with Crippen molar-refractivity contribution in [3.05, 3.63) is 24.0 Å². The van der Waals surface area contributed by atoms with Crippen molar-refractivity contribution in [1.29, 1.82) is 0 Å². The molecule has 3 heteroatoms. The summed E-state index contributed by atoms with van der Waals surface area (Å²) < 4.78 is 0. The van der Waals surface area contributed by atoms with Gasteiger partial charge in [-0.1, -0.05) is 15.9 Å². The third-order valence-corrected chi connectivity index (χ3v) is 1.62. The molecule has 0 aromatic rings. The van der Waals surface area contributed by atoms with Crippen molar-refractivity contribution in [1.82, 2.24) is 5.32 Å². The van der Waals surface area contributed by atoms with E-state index in [-0.39, 0.29) is 4.95 Å². The van der Waals surface area contributed by atoms with Gasteiger partial charge in [0, 0.05) is 5.70 Å². The van der Waals surface area contributed by atoms with E-state index in [1.54, 1.807) is 12.2 Å². The van der Waals surface area contributed by atoms with Crippen LogP contribution in [0.25, 0.3) is 0 Å². The Hall–Kier alpha value is -0.440. The molecule has 43 valence electrons. The second-order valence-electron chi connectivity index (χ2n) is 1.48. The molecule has 1 atom stereocenters. The Morgan fingerprint density at radius 3 is 3.00 bits per heavy atom. The molecule has 0 aliphatic carbocycles. The molecule has 0 spiro atoms. The first-order valence-electron chi connectivity index (χ1n) is 2.24. The van der Waals surface area contributed by atoms with Gasteiger partial charge in [-0.2, -0.15) is 0 Å². The Morgan fingerprint density at radius 1 is 1.88 bits per heavy atom. The van der Waals surface area contributed by atoms with E-state index in [4.69, 9.17) is 5.73 Å². The zero-order valence-corrected chi connectivity index (χ0v) is 5.77. The van der Waals surface area contributed by atoms with Crippen molar-refractivity contribution < 1.29 is 0 Å². The minimum Gasteiger partial charge on any atom is -0.400 e. The average Bonchev–Trinajstić information content (AvgIpc) is 1.77. The Morgan fingerprint density at radius 2 is 2.62 bits per heavy atom. The Bertz CT molecular complexity index is 139. The summed E-state index contributed by atoms with van der Waals surface area (Å²) in [5.74, 6) is 0. The fraction of sp³-hybridized carbons (Fsp3) is 0.200. The molecule has 0 bridgehead atoms. The molecule has 0 amide bonds. The molecule has 0 saturated carbocycles. The van der Waals surface area contributed by atoms with Crippen molar-refractivity contribution in [3.8, 4) is 0 Å². The number of hydrogen-bond acceptors (Lipinski definition) is 2. The minimum atomic E-state index is 0.0625. The highest BCUT2D eigenvalue weighted by molar-refractivity contribution is 9.09. The Kier molecular flexibility index (Phi) is 1.58. The zero-order chi connectivity index (χ0) is 5.98. The third-order valence-electron chi connectivity index (χ3n) is 0.862. The van der Waals surface area contributed by atoms with Gasteiger partial charge in [-0.3, -0.25) is 0 Å². The lowest BCUT2D eigenvalue weighted by Crippen LogP contribution is -2.26. The summed E-state index contributed by atoms with van der Waals surface area (Å²) in [7, 11) is 0. The summed E-state index contributed by atoms with van der Waals surface area (Å²) in [5, 5.41) is 2.85. The zero-order valence-electron chi connectivity index (χ0n) is 4.19. The number of nitrogens with two attached hydrogens (primary N) is 1. The van der Waals surface area contributed by atoms with Crippen LogP contribution >= 0.6 is 15.9 Å². The molecule has 1 aliphatic heterocycles. The number of dihydropyridines is 1. The smallest absolute Gasteiger partial charge is 0.122 e. The van der Waals surface area contributed by atoms with Crippen LogP contribution in [0.15, 0.2) is 17.8 Å². The molecular formula is C5H6BrN2. The van der Waals surface area contributed by atoms with Crippen LogP contribution in [-0.4, -0.2) is 4.95 Å². The molecule has 3 N–H and O–H groups in total. The van der Waals surface area contributed by atoms with Gasteiger partial charge in [-0.05, 0) is 12.2 Å². The van der Waals surface area contributed by atoms with Crippen molar-refractivity contribution in [3.63, 3.8) is 0 Å². The largest absolute Gasteiger partial charge is 0.400 e. The first kappa shape index (κ1) is 5.69. The molecule has 0 fully saturated rings. The van der Waals surface area contributed by atoms with Crippen LogP contribution in [0.4, 0.5) is 0 Å². The van der Waals surface area contributed by atoms with E-state index in [1.165, 1.54) is 0 Å². The van der Waals surface area contributed by atoms with E-state index in [9.17, 15) is 0 Å². The maximum Gasteiger partial charge on any atom is 0.122 e. The van der Waals surface area contributed by atoms with E-state index < -0.39 is 0 Å². The fourth-order valence-corrected chi connectivity index (χ4v) is 0.712. The first-order chi connectivity index (χ1) is 3.80. The Labute approximate surface area is 56.6 Å². The standard InChI is InChI=1S/C5H6BrN2/c6-5-4(7)2-1-3-8-5/h1-2,5,8H,7H2. The molecule has 0 aromatic carbocycles. The fourth-order valence-electron chi connectivity index (χ4n) is 0.427. The van der Waals surface area contributed by atoms with Gasteiger partial charge in [0.15, 0.2) is 0 Å².